The average Bonchev–Trinajstić information content (AvgIpc) is 3.21. The van der Waals surface area contributed by atoms with Crippen molar-refractivity contribution in [2.75, 3.05) is 13.1 Å². The van der Waals surface area contributed by atoms with E-state index in [0.29, 0.717) is 18.3 Å². The maximum Gasteiger partial charge on any atom is 0.274 e. The van der Waals surface area contributed by atoms with Crippen LogP contribution in [0.1, 0.15) is 40.9 Å². The molecule has 0 aliphatic carbocycles. The summed E-state index contributed by atoms with van der Waals surface area (Å²) in [6.07, 6.45) is 2.01. The van der Waals surface area contributed by atoms with E-state index in [0.717, 1.165) is 48.5 Å². The molecule has 1 aliphatic heterocycles. The molecule has 3 aromatic rings. The van der Waals surface area contributed by atoms with Gasteiger partial charge in [0.25, 0.3) is 5.91 Å². The maximum atomic E-state index is 12.6. The Labute approximate surface area is 151 Å². The van der Waals surface area contributed by atoms with Gasteiger partial charge in [-0.1, -0.05) is 17.3 Å². The van der Waals surface area contributed by atoms with Gasteiger partial charge in [-0.15, -0.1) is 5.10 Å². The molecule has 1 fully saturated rings. The fraction of sp³-hybridized carbons (Fsp3) is 0.444. The van der Waals surface area contributed by atoms with Crippen molar-refractivity contribution >= 4 is 16.9 Å². The summed E-state index contributed by atoms with van der Waals surface area (Å²) in [6.45, 7) is 4.20. The molecule has 4 rings (SSSR count). The first-order valence-electron chi connectivity index (χ1n) is 8.96. The lowest BCUT2D eigenvalue weighted by Crippen LogP contribution is -2.30. The van der Waals surface area contributed by atoms with Gasteiger partial charge in [-0.25, -0.2) is 9.67 Å². The van der Waals surface area contributed by atoms with Crippen LogP contribution < -0.4 is 10.6 Å². The second-order valence-electron chi connectivity index (χ2n) is 6.71. The van der Waals surface area contributed by atoms with Gasteiger partial charge in [0.2, 0.25) is 0 Å². The van der Waals surface area contributed by atoms with Crippen molar-refractivity contribution in [3.05, 3.63) is 41.5 Å². The Bertz CT molecular complexity index is 936. The lowest BCUT2D eigenvalue weighted by Gasteiger charge is -2.23. The zero-order chi connectivity index (χ0) is 18.1. The largest absolute Gasteiger partial charge is 0.343 e. The molecule has 3 heterocycles. The number of hydrogen-bond donors (Lipinski definition) is 2. The van der Waals surface area contributed by atoms with Gasteiger partial charge in [-0.2, -0.15) is 0 Å². The fourth-order valence-corrected chi connectivity index (χ4v) is 3.55. The second kappa shape index (κ2) is 6.87. The van der Waals surface area contributed by atoms with Crippen LogP contribution >= 0.6 is 0 Å². The molecule has 1 amide bonds. The molecule has 1 aromatic carbocycles. The Morgan fingerprint density at radius 3 is 2.85 bits per heavy atom. The van der Waals surface area contributed by atoms with Gasteiger partial charge < -0.3 is 15.2 Å². The number of aromatic nitrogens is 5. The minimum absolute atomic E-state index is 0.213. The summed E-state index contributed by atoms with van der Waals surface area (Å²) in [6, 6.07) is 8.23. The summed E-state index contributed by atoms with van der Waals surface area (Å²) in [5.41, 5.74) is 3.18. The van der Waals surface area contributed by atoms with Crippen molar-refractivity contribution in [2.45, 2.75) is 32.4 Å². The minimum atomic E-state index is -0.213. The van der Waals surface area contributed by atoms with Crippen LogP contribution in [0.4, 0.5) is 0 Å². The molecule has 0 atom stereocenters. The van der Waals surface area contributed by atoms with Gasteiger partial charge >= 0.3 is 0 Å². The Morgan fingerprint density at radius 2 is 2.08 bits per heavy atom. The molecule has 0 saturated carbocycles. The van der Waals surface area contributed by atoms with Crippen LogP contribution in [0.15, 0.2) is 24.3 Å². The van der Waals surface area contributed by atoms with E-state index in [1.807, 2.05) is 47.5 Å². The van der Waals surface area contributed by atoms with Crippen LogP contribution in [0, 0.1) is 6.92 Å². The SMILES string of the molecule is Cc1c(C(=O)NCc2nc3ccccc3n2C)nnn1C1CCNCC1. The summed E-state index contributed by atoms with van der Waals surface area (Å²) in [4.78, 5) is 17.2. The van der Waals surface area contributed by atoms with Crippen LogP contribution in [0.25, 0.3) is 11.0 Å². The molecular formula is C18H23N7O. The van der Waals surface area contributed by atoms with Crippen molar-refractivity contribution in [1.29, 1.82) is 0 Å². The monoisotopic (exact) mass is 353 g/mol. The Hall–Kier alpha value is -2.74. The summed E-state index contributed by atoms with van der Waals surface area (Å²) >= 11 is 0. The van der Waals surface area contributed by atoms with E-state index in [2.05, 4.69) is 25.9 Å². The topological polar surface area (TPSA) is 89.7 Å². The summed E-state index contributed by atoms with van der Waals surface area (Å²) in [7, 11) is 1.95. The van der Waals surface area contributed by atoms with E-state index in [4.69, 9.17) is 0 Å². The van der Waals surface area contributed by atoms with Crippen molar-refractivity contribution in [3.63, 3.8) is 0 Å². The van der Waals surface area contributed by atoms with Crippen molar-refractivity contribution in [2.24, 2.45) is 7.05 Å². The quantitative estimate of drug-likeness (QED) is 0.738. The van der Waals surface area contributed by atoms with Gasteiger partial charge in [-0.3, -0.25) is 4.79 Å². The summed E-state index contributed by atoms with van der Waals surface area (Å²) in [5, 5.41) is 14.6. The number of fused-ring (bicyclic) bond motifs is 1. The molecule has 26 heavy (non-hydrogen) atoms. The number of rotatable bonds is 4. The zero-order valence-electron chi connectivity index (χ0n) is 15.1. The molecule has 8 nitrogen and oxygen atoms in total. The number of carbonyl (C=O) groups excluding carboxylic acids is 1. The van der Waals surface area contributed by atoms with E-state index in [-0.39, 0.29) is 5.91 Å². The number of hydrogen-bond acceptors (Lipinski definition) is 5. The highest BCUT2D eigenvalue weighted by molar-refractivity contribution is 5.93. The van der Waals surface area contributed by atoms with Crippen molar-refractivity contribution in [3.8, 4) is 0 Å². The summed E-state index contributed by atoms with van der Waals surface area (Å²) < 4.78 is 3.89. The lowest BCUT2D eigenvalue weighted by molar-refractivity contribution is 0.0944. The number of amides is 1. The van der Waals surface area contributed by atoms with E-state index in [9.17, 15) is 4.79 Å². The number of carbonyl (C=O) groups is 1. The highest BCUT2D eigenvalue weighted by Crippen LogP contribution is 2.20. The van der Waals surface area contributed by atoms with E-state index < -0.39 is 0 Å². The molecule has 2 N–H and O–H groups in total. The van der Waals surface area contributed by atoms with Crippen LogP contribution in [-0.4, -0.2) is 43.5 Å². The second-order valence-corrected chi connectivity index (χ2v) is 6.71. The molecule has 1 saturated heterocycles. The first-order chi connectivity index (χ1) is 12.6. The number of benzene rings is 1. The molecule has 1 aliphatic rings. The van der Waals surface area contributed by atoms with Crippen LogP contribution in [0.5, 0.6) is 0 Å². The third-order valence-corrected chi connectivity index (χ3v) is 5.08. The van der Waals surface area contributed by atoms with Crippen LogP contribution in [0.2, 0.25) is 0 Å². The lowest BCUT2D eigenvalue weighted by atomic mass is 10.1. The number of piperidine rings is 1. The van der Waals surface area contributed by atoms with E-state index in [1.54, 1.807) is 0 Å². The minimum Gasteiger partial charge on any atom is -0.343 e. The molecule has 136 valence electrons. The molecule has 2 aromatic heterocycles. The molecule has 0 spiro atoms. The van der Waals surface area contributed by atoms with Crippen molar-refractivity contribution < 1.29 is 4.79 Å². The predicted molar refractivity (Wildman–Crippen MR) is 97.8 cm³/mol. The normalized spacial score (nSPS) is 15.5. The van der Waals surface area contributed by atoms with Crippen LogP contribution in [-0.2, 0) is 13.6 Å². The highest BCUT2D eigenvalue weighted by Gasteiger charge is 2.23. The molecule has 0 unspecified atom stereocenters. The predicted octanol–water partition coefficient (Wildman–Crippen LogP) is 1.33. The molecular weight excluding hydrogens is 330 g/mol. The third kappa shape index (κ3) is 2.96. The number of nitrogens with one attached hydrogen (secondary N) is 2. The Balaban J connectivity index is 1.48. The van der Waals surface area contributed by atoms with Gasteiger partial charge in [-0.05, 0) is 45.0 Å². The number of para-hydroxylation sites is 2. The zero-order valence-corrected chi connectivity index (χ0v) is 15.1. The first kappa shape index (κ1) is 16.7. The fourth-order valence-electron chi connectivity index (χ4n) is 3.55. The number of nitrogens with zero attached hydrogens (tertiary/aromatic N) is 5. The Kier molecular flexibility index (Phi) is 4.42. The van der Waals surface area contributed by atoms with E-state index >= 15 is 0 Å². The van der Waals surface area contributed by atoms with E-state index in [1.165, 1.54) is 0 Å². The standard InChI is InChI=1S/C18H23N7O/c1-12-17(22-23-25(12)13-7-9-19-10-8-13)18(26)20-11-16-21-14-5-3-4-6-15(14)24(16)2/h3-6,13,19H,7-11H2,1-2H3,(H,20,26). The molecule has 0 radical (unpaired) electrons. The first-order valence-corrected chi connectivity index (χ1v) is 8.96. The highest BCUT2D eigenvalue weighted by atomic mass is 16.2. The van der Waals surface area contributed by atoms with Gasteiger partial charge in [0, 0.05) is 7.05 Å². The van der Waals surface area contributed by atoms with Gasteiger partial charge in [0.15, 0.2) is 5.69 Å². The summed E-state index contributed by atoms with van der Waals surface area (Å²) in [5.74, 6) is 0.595. The molecule has 0 bridgehead atoms. The maximum absolute atomic E-state index is 12.6. The molecule has 8 heteroatoms. The van der Waals surface area contributed by atoms with Crippen LogP contribution in [0.3, 0.4) is 0 Å². The van der Waals surface area contributed by atoms with Gasteiger partial charge in [0.05, 0.1) is 29.3 Å². The smallest absolute Gasteiger partial charge is 0.274 e. The average molecular weight is 353 g/mol. The van der Waals surface area contributed by atoms with Crippen molar-refractivity contribution in [1.82, 2.24) is 35.2 Å². The number of aryl methyl sites for hydroxylation is 1. The van der Waals surface area contributed by atoms with Gasteiger partial charge in [0.1, 0.15) is 5.82 Å². The number of imidazole rings is 1. The Morgan fingerprint density at radius 1 is 1.31 bits per heavy atom. The third-order valence-electron chi connectivity index (χ3n) is 5.08.